The van der Waals surface area contributed by atoms with E-state index in [0.717, 1.165) is 52.7 Å². The number of hydrogen-bond acceptors (Lipinski definition) is 5. The third kappa shape index (κ3) is 5.23. The van der Waals surface area contributed by atoms with Gasteiger partial charge in [-0.25, -0.2) is 4.98 Å². The molecule has 1 fully saturated rings. The number of hydrogen-bond donors (Lipinski definition) is 0. The van der Waals surface area contributed by atoms with Crippen LogP contribution in [0.2, 0.25) is 0 Å². The van der Waals surface area contributed by atoms with E-state index in [1.165, 1.54) is 17.3 Å². The molecule has 7 heteroatoms. The largest absolute Gasteiger partial charge is 0.336 e. The van der Waals surface area contributed by atoms with Crippen molar-refractivity contribution >= 4 is 33.6 Å². The van der Waals surface area contributed by atoms with Crippen molar-refractivity contribution in [1.29, 1.82) is 0 Å². The smallest absolute Gasteiger partial charge is 0.255 e. The van der Waals surface area contributed by atoms with Gasteiger partial charge in [-0.3, -0.25) is 14.7 Å². The lowest BCUT2D eigenvalue weighted by Gasteiger charge is -2.35. The molecule has 0 saturated carbocycles. The fourth-order valence-electron chi connectivity index (χ4n) is 3.30. The Hall–Kier alpha value is -2.22. The van der Waals surface area contributed by atoms with Gasteiger partial charge in [-0.15, -0.1) is 0 Å². The summed E-state index contributed by atoms with van der Waals surface area (Å²) in [5.41, 5.74) is 1.94. The third-order valence-electron chi connectivity index (χ3n) is 4.82. The zero-order chi connectivity index (χ0) is 20.1. The molecule has 0 spiro atoms. The first-order chi connectivity index (χ1) is 14.2. The number of amides is 1. The van der Waals surface area contributed by atoms with Crippen molar-refractivity contribution in [2.75, 3.05) is 26.2 Å². The quantitative estimate of drug-likeness (QED) is 0.556. The Morgan fingerprint density at radius 3 is 2.55 bits per heavy atom. The van der Waals surface area contributed by atoms with Crippen LogP contribution in [0.4, 0.5) is 0 Å². The van der Waals surface area contributed by atoms with E-state index in [2.05, 4.69) is 36.9 Å². The summed E-state index contributed by atoms with van der Waals surface area (Å²) in [6.07, 6.45) is 5.47. The number of rotatable bonds is 5. The number of piperazine rings is 1. The number of aromatic nitrogens is 2. The maximum atomic E-state index is 13.2. The van der Waals surface area contributed by atoms with Gasteiger partial charge in [-0.1, -0.05) is 30.0 Å². The second kappa shape index (κ2) is 9.52. The van der Waals surface area contributed by atoms with Crippen molar-refractivity contribution in [1.82, 2.24) is 19.8 Å². The minimum atomic E-state index is 0.0891. The Labute approximate surface area is 183 Å². The van der Waals surface area contributed by atoms with Gasteiger partial charge in [0.25, 0.3) is 5.91 Å². The predicted molar refractivity (Wildman–Crippen MR) is 118 cm³/mol. The summed E-state index contributed by atoms with van der Waals surface area (Å²) in [5.74, 6) is 0.0891. The molecule has 0 radical (unpaired) electrons. The highest BCUT2D eigenvalue weighted by molar-refractivity contribution is 9.10. The fourth-order valence-corrected chi connectivity index (χ4v) is 4.41. The van der Waals surface area contributed by atoms with E-state index in [9.17, 15) is 4.79 Å². The van der Waals surface area contributed by atoms with Gasteiger partial charge in [0.05, 0.1) is 5.56 Å². The van der Waals surface area contributed by atoms with E-state index in [1.807, 2.05) is 53.6 Å². The van der Waals surface area contributed by atoms with Gasteiger partial charge in [0.2, 0.25) is 0 Å². The molecule has 1 amide bonds. The maximum absolute atomic E-state index is 13.2. The Balaban J connectivity index is 1.40. The summed E-state index contributed by atoms with van der Waals surface area (Å²) in [4.78, 5) is 27.0. The lowest BCUT2D eigenvalue weighted by atomic mass is 10.1. The van der Waals surface area contributed by atoms with Crippen molar-refractivity contribution in [3.63, 3.8) is 0 Å². The van der Waals surface area contributed by atoms with Crippen LogP contribution in [-0.2, 0) is 6.54 Å². The van der Waals surface area contributed by atoms with E-state index in [4.69, 9.17) is 0 Å². The standard InChI is InChI=1S/C22H21BrN4OS/c23-18-7-8-21(25-15-18)29-20-6-2-1-5-19(20)22(28)27-12-10-26(11-13-27)16-17-4-3-9-24-14-17/h1-9,14-15H,10-13,16H2. The SMILES string of the molecule is O=C(c1ccccc1Sc1ccc(Br)cn1)N1CCN(Cc2cccnc2)CC1. The molecular formula is C22H21BrN4OS. The van der Waals surface area contributed by atoms with Gasteiger partial charge < -0.3 is 4.90 Å². The highest BCUT2D eigenvalue weighted by atomic mass is 79.9. The van der Waals surface area contributed by atoms with Gasteiger partial charge in [-0.05, 0) is 51.8 Å². The van der Waals surface area contributed by atoms with Crippen LogP contribution in [0.3, 0.4) is 0 Å². The van der Waals surface area contributed by atoms with Crippen molar-refractivity contribution in [2.45, 2.75) is 16.5 Å². The number of carbonyl (C=O) groups excluding carboxylic acids is 1. The Kier molecular flexibility index (Phi) is 6.59. The van der Waals surface area contributed by atoms with Crippen molar-refractivity contribution < 1.29 is 4.79 Å². The second-order valence-corrected chi connectivity index (χ2v) is 8.82. The summed E-state index contributed by atoms with van der Waals surface area (Å²) >= 11 is 4.93. The van der Waals surface area contributed by atoms with Crippen LogP contribution in [-0.4, -0.2) is 51.9 Å². The zero-order valence-corrected chi connectivity index (χ0v) is 18.3. The average molecular weight is 469 g/mol. The monoisotopic (exact) mass is 468 g/mol. The van der Waals surface area contributed by atoms with Gasteiger partial charge in [0, 0.05) is 60.7 Å². The molecule has 4 rings (SSSR count). The van der Waals surface area contributed by atoms with Crippen molar-refractivity contribution in [3.05, 3.63) is 82.7 Å². The molecule has 148 valence electrons. The summed E-state index contributed by atoms with van der Waals surface area (Å²) in [5, 5.41) is 0.870. The van der Waals surface area contributed by atoms with Crippen LogP contribution in [0, 0.1) is 0 Å². The predicted octanol–water partition coefficient (Wildman–Crippen LogP) is 4.35. The van der Waals surface area contributed by atoms with Crippen molar-refractivity contribution in [2.24, 2.45) is 0 Å². The molecule has 29 heavy (non-hydrogen) atoms. The first-order valence-electron chi connectivity index (χ1n) is 9.48. The molecule has 0 N–H and O–H groups in total. The Bertz CT molecular complexity index is 960. The van der Waals surface area contributed by atoms with Gasteiger partial charge in [0.1, 0.15) is 5.03 Å². The highest BCUT2D eigenvalue weighted by Crippen LogP contribution is 2.30. The molecule has 1 aliphatic heterocycles. The fraction of sp³-hybridized carbons (Fsp3) is 0.227. The molecule has 0 aliphatic carbocycles. The van der Waals surface area contributed by atoms with E-state index in [0.29, 0.717) is 0 Å². The average Bonchev–Trinajstić information content (AvgIpc) is 2.77. The molecule has 0 unspecified atom stereocenters. The second-order valence-electron chi connectivity index (χ2n) is 6.84. The van der Waals surface area contributed by atoms with Crippen LogP contribution in [0.15, 0.2) is 81.5 Å². The normalized spacial score (nSPS) is 14.7. The lowest BCUT2D eigenvalue weighted by molar-refractivity contribution is 0.0625. The van der Waals surface area contributed by atoms with Gasteiger partial charge >= 0.3 is 0 Å². The molecule has 5 nitrogen and oxygen atoms in total. The first-order valence-corrected chi connectivity index (χ1v) is 11.1. The molecule has 1 aromatic carbocycles. The van der Waals surface area contributed by atoms with Crippen LogP contribution in [0.5, 0.6) is 0 Å². The molecule has 1 aliphatic rings. The van der Waals surface area contributed by atoms with Crippen LogP contribution in [0.1, 0.15) is 15.9 Å². The molecule has 0 bridgehead atoms. The van der Waals surface area contributed by atoms with E-state index in [1.54, 1.807) is 12.4 Å². The third-order valence-corrected chi connectivity index (χ3v) is 6.32. The molecule has 3 aromatic rings. The minimum absolute atomic E-state index is 0.0891. The van der Waals surface area contributed by atoms with Gasteiger partial charge in [0.15, 0.2) is 0 Å². The molecule has 2 aromatic heterocycles. The summed E-state index contributed by atoms with van der Waals surface area (Å²) in [6.45, 7) is 4.06. The maximum Gasteiger partial charge on any atom is 0.255 e. The molecule has 3 heterocycles. The summed E-state index contributed by atoms with van der Waals surface area (Å²) < 4.78 is 0.940. The number of benzene rings is 1. The van der Waals surface area contributed by atoms with Crippen LogP contribution >= 0.6 is 27.7 Å². The molecule has 0 atom stereocenters. The Morgan fingerprint density at radius 2 is 1.83 bits per heavy atom. The Morgan fingerprint density at radius 1 is 1.00 bits per heavy atom. The molecular weight excluding hydrogens is 448 g/mol. The number of pyridine rings is 2. The van der Waals surface area contributed by atoms with Gasteiger partial charge in [-0.2, -0.15) is 0 Å². The van der Waals surface area contributed by atoms with Crippen molar-refractivity contribution in [3.8, 4) is 0 Å². The van der Waals surface area contributed by atoms with Crippen LogP contribution in [0.25, 0.3) is 0 Å². The number of nitrogens with zero attached hydrogens (tertiary/aromatic N) is 4. The highest BCUT2D eigenvalue weighted by Gasteiger charge is 2.24. The van der Waals surface area contributed by atoms with E-state index in [-0.39, 0.29) is 5.91 Å². The zero-order valence-electron chi connectivity index (χ0n) is 15.9. The number of carbonyl (C=O) groups is 1. The topological polar surface area (TPSA) is 49.3 Å². The summed E-state index contributed by atoms with van der Waals surface area (Å²) in [7, 11) is 0. The number of halogens is 1. The first kappa shape index (κ1) is 20.1. The van der Waals surface area contributed by atoms with E-state index < -0.39 is 0 Å². The van der Waals surface area contributed by atoms with Crippen LogP contribution < -0.4 is 0 Å². The summed E-state index contributed by atoms with van der Waals surface area (Å²) in [6, 6.07) is 15.7. The van der Waals surface area contributed by atoms with E-state index >= 15 is 0 Å². The lowest BCUT2D eigenvalue weighted by Crippen LogP contribution is -2.48. The molecule has 1 saturated heterocycles. The minimum Gasteiger partial charge on any atom is -0.336 e.